The molecule has 2 aromatic carbocycles. The van der Waals surface area contributed by atoms with Gasteiger partial charge in [0.2, 0.25) is 0 Å². The Bertz CT molecular complexity index is 793. The van der Waals surface area contributed by atoms with Crippen LogP contribution in [0.3, 0.4) is 0 Å². The number of hydrogen-bond donors (Lipinski definition) is 2. The second-order valence-corrected chi connectivity index (χ2v) is 6.71. The highest BCUT2D eigenvalue weighted by atomic mass is 19.1. The number of fused-ring (bicyclic) bond motifs is 3. The van der Waals surface area contributed by atoms with Crippen molar-refractivity contribution in [2.75, 3.05) is 26.2 Å². The van der Waals surface area contributed by atoms with Crippen LogP contribution in [0.2, 0.25) is 0 Å². The quantitative estimate of drug-likeness (QED) is 0.899. The Labute approximate surface area is 146 Å². The normalized spacial score (nSPS) is 21.9. The highest BCUT2D eigenvalue weighted by Gasteiger charge is 2.34. The van der Waals surface area contributed by atoms with Gasteiger partial charge in [-0.15, -0.1) is 0 Å². The number of carbonyl (C=O) groups excluding carboxylic acids is 1. The van der Waals surface area contributed by atoms with Crippen LogP contribution in [-0.4, -0.2) is 32.1 Å². The molecule has 0 aliphatic carbocycles. The van der Waals surface area contributed by atoms with Crippen LogP contribution in [0.25, 0.3) is 0 Å². The summed E-state index contributed by atoms with van der Waals surface area (Å²) < 4.78 is 19.0. The summed E-state index contributed by atoms with van der Waals surface area (Å²) in [5.74, 6) is 1.23. The van der Waals surface area contributed by atoms with Crippen LogP contribution < -0.4 is 15.4 Å². The van der Waals surface area contributed by atoms with Gasteiger partial charge < -0.3 is 15.4 Å². The topological polar surface area (TPSA) is 50.4 Å². The van der Waals surface area contributed by atoms with Crippen molar-refractivity contribution in [1.29, 1.82) is 0 Å². The molecule has 0 spiro atoms. The molecular formula is C20H21FN2O2. The van der Waals surface area contributed by atoms with Gasteiger partial charge in [0.15, 0.2) is 0 Å². The lowest BCUT2D eigenvalue weighted by molar-refractivity contribution is 0.0952. The third-order valence-corrected chi connectivity index (χ3v) is 5.08. The average molecular weight is 340 g/mol. The average Bonchev–Trinajstić information content (AvgIpc) is 3.03. The van der Waals surface area contributed by atoms with Gasteiger partial charge in [-0.25, -0.2) is 4.39 Å². The minimum atomic E-state index is -0.237. The van der Waals surface area contributed by atoms with E-state index >= 15 is 0 Å². The van der Waals surface area contributed by atoms with Crippen molar-refractivity contribution >= 4 is 5.91 Å². The van der Waals surface area contributed by atoms with E-state index in [1.54, 1.807) is 6.07 Å². The van der Waals surface area contributed by atoms with Gasteiger partial charge in [0.1, 0.15) is 11.6 Å². The molecule has 0 aromatic heterocycles. The predicted octanol–water partition coefficient (Wildman–Crippen LogP) is 2.49. The van der Waals surface area contributed by atoms with Gasteiger partial charge in [0.05, 0.1) is 6.61 Å². The van der Waals surface area contributed by atoms with Crippen LogP contribution in [0.4, 0.5) is 4.39 Å². The number of nitrogens with one attached hydrogen (secondary N) is 2. The maximum Gasteiger partial charge on any atom is 0.251 e. The summed E-state index contributed by atoms with van der Waals surface area (Å²) in [6.45, 7) is 3.00. The summed E-state index contributed by atoms with van der Waals surface area (Å²) in [7, 11) is 0. The SMILES string of the molecule is O=C1NC[C@@H]2CNC[C@H]2c2ccc(OCCc3cccc(F)c3)cc21. The Hall–Kier alpha value is -2.40. The Morgan fingerprint density at radius 3 is 2.92 bits per heavy atom. The van der Waals surface area contributed by atoms with Crippen molar-refractivity contribution in [3.63, 3.8) is 0 Å². The zero-order valence-corrected chi connectivity index (χ0v) is 13.9. The van der Waals surface area contributed by atoms with Gasteiger partial charge in [-0.3, -0.25) is 4.79 Å². The molecule has 2 N–H and O–H groups in total. The van der Waals surface area contributed by atoms with Gasteiger partial charge in [0.25, 0.3) is 5.91 Å². The first-order valence-corrected chi connectivity index (χ1v) is 8.71. The number of ether oxygens (including phenoxy) is 1. The van der Waals surface area contributed by atoms with Crippen molar-refractivity contribution in [1.82, 2.24) is 10.6 Å². The molecule has 0 unspecified atom stereocenters. The Balaban J connectivity index is 1.48. The van der Waals surface area contributed by atoms with Crippen molar-refractivity contribution in [3.05, 3.63) is 65.0 Å². The lowest BCUT2D eigenvalue weighted by atomic mass is 9.87. The van der Waals surface area contributed by atoms with E-state index in [-0.39, 0.29) is 11.7 Å². The fourth-order valence-electron chi connectivity index (χ4n) is 3.75. The van der Waals surface area contributed by atoms with E-state index < -0.39 is 0 Å². The summed E-state index contributed by atoms with van der Waals surface area (Å²) >= 11 is 0. The first-order chi connectivity index (χ1) is 12.2. The predicted molar refractivity (Wildman–Crippen MR) is 93.5 cm³/mol. The van der Waals surface area contributed by atoms with E-state index in [0.29, 0.717) is 42.7 Å². The standard InChI is InChI=1S/C20H21FN2O2/c21-15-3-1-2-13(8-15)6-7-25-16-4-5-17-18(9-16)20(24)23-11-14-10-22-12-19(14)17/h1-5,8-9,14,19,22H,6-7,10-12H2,(H,23,24)/t14-,19+/m0/s1. The fraction of sp³-hybridized carbons (Fsp3) is 0.350. The molecule has 2 aliphatic heterocycles. The molecule has 130 valence electrons. The molecule has 1 amide bonds. The maximum absolute atomic E-state index is 13.2. The summed E-state index contributed by atoms with van der Waals surface area (Å²) in [5, 5.41) is 6.42. The minimum Gasteiger partial charge on any atom is -0.493 e. The summed E-state index contributed by atoms with van der Waals surface area (Å²) in [6, 6.07) is 12.3. The van der Waals surface area contributed by atoms with Crippen molar-refractivity contribution < 1.29 is 13.9 Å². The van der Waals surface area contributed by atoms with Crippen molar-refractivity contribution in [2.45, 2.75) is 12.3 Å². The van der Waals surface area contributed by atoms with Gasteiger partial charge in [-0.1, -0.05) is 18.2 Å². The molecule has 1 saturated heterocycles. The van der Waals surface area contributed by atoms with Crippen molar-refractivity contribution in [3.8, 4) is 5.75 Å². The second-order valence-electron chi connectivity index (χ2n) is 6.71. The number of rotatable bonds is 4. The number of amides is 1. The van der Waals surface area contributed by atoms with Crippen LogP contribution in [0, 0.1) is 11.7 Å². The molecule has 25 heavy (non-hydrogen) atoms. The molecule has 4 rings (SSSR count). The van der Waals surface area contributed by atoms with Crippen LogP contribution >= 0.6 is 0 Å². The van der Waals surface area contributed by atoms with Gasteiger partial charge >= 0.3 is 0 Å². The van der Waals surface area contributed by atoms with Gasteiger partial charge in [-0.2, -0.15) is 0 Å². The lowest BCUT2D eigenvalue weighted by Gasteiger charge is -2.17. The van der Waals surface area contributed by atoms with E-state index in [1.807, 2.05) is 24.3 Å². The molecule has 2 aromatic rings. The number of halogens is 1. The minimum absolute atomic E-state index is 0.0278. The molecule has 1 fully saturated rings. The summed E-state index contributed by atoms with van der Waals surface area (Å²) in [6.07, 6.45) is 0.621. The molecular weight excluding hydrogens is 319 g/mol. The van der Waals surface area contributed by atoms with Crippen LogP contribution in [-0.2, 0) is 6.42 Å². The van der Waals surface area contributed by atoms with E-state index in [0.717, 1.165) is 24.2 Å². The Morgan fingerprint density at radius 2 is 2.04 bits per heavy atom. The first kappa shape index (κ1) is 16.1. The van der Waals surface area contributed by atoms with Crippen molar-refractivity contribution in [2.24, 2.45) is 5.92 Å². The first-order valence-electron chi connectivity index (χ1n) is 8.71. The Morgan fingerprint density at radius 1 is 1.12 bits per heavy atom. The van der Waals surface area contributed by atoms with Crippen LogP contribution in [0.15, 0.2) is 42.5 Å². The molecule has 2 heterocycles. The van der Waals surface area contributed by atoms with Crippen LogP contribution in [0.1, 0.15) is 27.4 Å². The smallest absolute Gasteiger partial charge is 0.251 e. The van der Waals surface area contributed by atoms with E-state index in [2.05, 4.69) is 10.6 Å². The number of carbonyl (C=O) groups is 1. The fourth-order valence-corrected chi connectivity index (χ4v) is 3.75. The zero-order chi connectivity index (χ0) is 17.2. The molecule has 0 radical (unpaired) electrons. The largest absolute Gasteiger partial charge is 0.493 e. The third kappa shape index (κ3) is 3.37. The highest BCUT2D eigenvalue weighted by molar-refractivity contribution is 5.96. The van der Waals surface area contributed by atoms with Gasteiger partial charge in [0, 0.05) is 37.5 Å². The molecule has 5 heteroatoms. The van der Waals surface area contributed by atoms with E-state index in [9.17, 15) is 9.18 Å². The molecule has 0 saturated carbocycles. The Kier molecular flexibility index (Phi) is 4.40. The summed E-state index contributed by atoms with van der Waals surface area (Å²) in [5.41, 5.74) is 2.70. The number of hydrogen-bond acceptors (Lipinski definition) is 3. The van der Waals surface area contributed by atoms with Crippen LogP contribution in [0.5, 0.6) is 5.75 Å². The number of benzene rings is 2. The monoisotopic (exact) mass is 340 g/mol. The second kappa shape index (κ2) is 6.84. The van der Waals surface area contributed by atoms with Gasteiger partial charge in [-0.05, 0) is 41.3 Å². The van der Waals surface area contributed by atoms with E-state index in [1.165, 1.54) is 12.1 Å². The molecule has 0 bridgehead atoms. The molecule has 2 aliphatic rings. The molecule has 2 atom stereocenters. The third-order valence-electron chi connectivity index (χ3n) is 5.08. The zero-order valence-electron chi connectivity index (χ0n) is 13.9. The maximum atomic E-state index is 13.2. The molecule has 4 nitrogen and oxygen atoms in total. The lowest BCUT2D eigenvalue weighted by Crippen LogP contribution is -2.28. The summed E-state index contributed by atoms with van der Waals surface area (Å²) in [4.78, 5) is 12.4. The highest BCUT2D eigenvalue weighted by Crippen LogP contribution is 2.34. The van der Waals surface area contributed by atoms with E-state index in [4.69, 9.17) is 4.74 Å².